The van der Waals surface area contributed by atoms with Gasteiger partial charge in [-0.1, -0.05) is 0 Å². The van der Waals surface area contributed by atoms with E-state index in [2.05, 4.69) is 0 Å². The van der Waals surface area contributed by atoms with Crippen LogP contribution in [0.4, 0.5) is 26.3 Å². The van der Waals surface area contributed by atoms with Gasteiger partial charge in [-0.3, -0.25) is 0 Å². The second kappa shape index (κ2) is 4.14. The molecule has 1 N–H and O–H groups in total. The fourth-order valence-electron chi connectivity index (χ4n) is 0.767. The van der Waals surface area contributed by atoms with Crippen LogP contribution in [0.15, 0.2) is 0 Å². The minimum atomic E-state index is -5.74. The van der Waals surface area contributed by atoms with E-state index in [1.165, 1.54) is 0 Å². The van der Waals surface area contributed by atoms with Gasteiger partial charge in [0.2, 0.25) is 0 Å². The molecule has 0 rings (SSSR count). The minimum absolute atomic E-state index is 0.380. The molecule has 0 aliphatic rings. The van der Waals surface area contributed by atoms with E-state index in [0.29, 0.717) is 0 Å². The Hall–Kier alpha value is -0.170. The van der Waals surface area contributed by atoms with Crippen LogP contribution in [0, 0.1) is 0 Å². The standard InChI is InChI=1S/C6H7ClF6O/c7-3-1-2-4(14,5(8,9)10)6(11,12)13/h14H,1-3H2. The molecule has 1 nitrogen and oxygen atoms in total. The number of hydrogen-bond acceptors (Lipinski definition) is 1. The molecule has 0 aromatic heterocycles. The molecule has 0 aliphatic heterocycles. The Labute approximate surface area is 80.7 Å². The molecule has 14 heavy (non-hydrogen) atoms. The van der Waals surface area contributed by atoms with Gasteiger partial charge in [0.25, 0.3) is 5.60 Å². The van der Waals surface area contributed by atoms with Gasteiger partial charge in [-0.05, 0) is 12.8 Å². The minimum Gasteiger partial charge on any atom is -0.374 e. The average molecular weight is 245 g/mol. The zero-order valence-electron chi connectivity index (χ0n) is 6.71. The van der Waals surface area contributed by atoms with Crippen LogP contribution in [-0.2, 0) is 0 Å². The van der Waals surface area contributed by atoms with Gasteiger partial charge in [0.15, 0.2) is 0 Å². The van der Waals surface area contributed by atoms with E-state index in [4.69, 9.17) is 16.7 Å². The summed E-state index contributed by atoms with van der Waals surface area (Å²) in [6.07, 6.45) is -13.5. The largest absolute Gasteiger partial charge is 0.426 e. The molecule has 0 fully saturated rings. The van der Waals surface area contributed by atoms with E-state index in [-0.39, 0.29) is 5.88 Å². The quantitative estimate of drug-likeness (QED) is 0.598. The van der Waals surface area contributed by atoms with E-state index in [1.807, 2.05) is 0 Å². The maximum absolute atomic E-state index is 11.9. The molecule has 0 bridgehead atoms. The highest BCUT2D eigenvalue weighted by atomic mass is 35.5. The van der Waals surface area contributed by atoms with Crippen molar-refractivity contribution in [3.63, 3.8) is 0 Å². The molecule has 0 aromatic rings. The van der Waals surface area contributed by atoms with Crippen molar-refractivity contribution in [3.05, 3.63) is 0 Å². The zero-order chi connectivity index (χ0) is 11.6. The first kappa shape index (κ1) is 13.8. The molecule has 8 heteroatoms. The van der Waals surface area contributed by atoms with Crippen molar-refractivity contribution in [3.8, 4) is 0 Å². The summed E-state index contributed by atoms with van der Waals surface area (Å²) in [5.41, 5.74) is -4.66. The van der Waals surface area contributed by atoms with Crippen LogP contribution in [0.5, 0.6) is 0 Å². The first-order valence-electron chi connectivity index (χ1n) is 3.48. The molecule has 0 radical (unpaired) electrons. The average Bonchev–Trinajstić information content (AvgIpc) is 1.95. The lowest BCUT2D eigenvalue weighted by Crippen LogP contribution is -2.56. The molecule has 0 unspecified atom stereocenters. The van der Waals surface area contributed by atoms with E-state index in [9.17, 15) is 26.3 Å². The molecule has 0 heterocycles. The van der Waals surface area contributed by atoms with Crippen LogP contribution in [-0.4, -0.2) is 28.9 Å². The third-order valence-electron chi connectivity index (χ3n) is 1.61. The zero-order valence-corrected chi connectivity index (χ0v) is 7.47. The fourth-order valence-corrected chi connectivity index (χ4v) is 0.900. The Morgan fingerprint density at radius 3 is 1.50 bits per heavy atom. The second-order valence-corrected chi connectivity index (χ2v) is 3.03. The van der Waals surface area contributed by atoms with Gasteiger partial charge in [0.1, 0.15) is 0 Å². The van der Waals surface area contributed by atoms with Crippen LogP contribution in [0.1, 0.15) is 12.8 Å². The highest BCUT2D eigenvalue weighted by Crippen LogP contribution is 2.45. The lowest BCUT2D eigenvalue weighted by Gasteiger charge is -2.32. The second-order valence-electron chi connectivity index (χ2n) is 2.65. The number of halogens is 7. The molecule has 86 valence electrons. The Bertz CT molecular complexity index is 172. The molecule has 0 spiro atoms. The van der Waals surface area contributed by atoms with Gasteiger partial charge in [-0.15, -0.1) is 11.6 Å². The summed E-state index contributed by atoms with van der Waals surface area (Å²) in [5.74, 6) is -0.380. The maximum Gasteiger partial charge on any atom is 0.426 e. The van der Waals surface area contributed by atoms with Gasteiger partial charge in [-0.25, -0.2) is 0 Å². The van der Waals surface area contributed by atoms with Crippen molar-refractivity contribution in [2.45, 2.75) is 30.8 Å². The lowest BCUT2D eigenvalue weighted by molar-refractivity contribution is -0.369. The molecule has 0 aliphatic carbocycles. The van der Waals surface area contributed by atoms with Crippen molar-refractivity contribution in [2.24, 2.45) is 0 Å². The van der Waals surface area contributed by atoms with Gasteiger partial charge >= 0.3 is 12.4 Å². The molecule has 0 amide bonds. The molecule has 0 aromatic carbocycles. The predicted octanol–water partition coefficient (Wildman–Crippen LogP) is 2.86. The van der Waals surface area contributed by atoms with Crippen LogP contribution in [0.2, 0.25) is 0 Å². The molecule has 0 saturated carbocycles. The normalized spacial score (nSPS) is 14.6. The van der Waals surface area contributed by atoms with Crippen LogP contribution in [0.25, 0.3) is 0 Å². The van der Waals surface area contributed by atoms with Gasteiger partial charge in [0.05, 0.1) is 0 Å². The Kier molecular flexibility index (Phi) is 4.09. The summed E-state index contributed by atoms with van der Waals surface area (Å²) >= 11 is 4.96. The van der Waals surface area contributed by atoms with Crippen molar-refractivity contribution in [1.29, 1.82) is 0 Å². The van der Waals surface area contributed by atoms with Crippen LogP contribution in [0.3, 0.4) is 0 Å². The molecular weight excluding hydrogens is 238 g/mol. The smallest absolute Gasteiger partial charge is 0.374 e. The number of alkyl halides is 7. The van der Waals surface area contributed by atoms with E-state index in [1.54, 1.807) is 0 Å². The third kappa shape index (κ3) is 2.66. The summed E-state index contributed by atoms with van der Waals surface area (Å²) in [6, 6.07) is 0. The summed E-state index contributed by atoms with van der Waals surface area (Å²) in [5, 5.41) is 8.51. The molecular formula is C6H7ClF6O. The van der Waals surface area contributed by atoms with Crippen molar-refractivity contribution in [1.82, 2.24) is 0 Å². The van der Waals surface area contributed by atoms with Crippen LogP contribution < -0.4 is 0 Å². The van der Waals surface area contributed by atoms with Gasteiger partial charge in [-0.2, -0.15) is 26.3 Å². The molecule has 0 saturated heterocycles. The Morgan fingerprint density at radius 2 is 1.29 bits per heavy atom. The Balaban J connectivity index is 4.87. The lowest BCUT2D eigenvalue weighted by atomic mass is 9.97. The van der Waals surface area contributed by atoms with E-state index < -0.39 is 30.8 Å². The summed E-state index contributed by atoms with van der Waals surface area (Å²) in [7, 11) is 0. The summed E-state index contributed by atoms with van der Waals surface area (Å²) < 4.78 is 71.5. The maximum atomic E-state index is 11.9. The van der Waals surface area contributed by atoms with E-state index in [0.717, 1.165) is 0 Å². The van der Waals surface area contributed by atoms with Crippen LogP contribution >= 0.6 is 11.6 Å². The highest BCUT2D eigenvalue weighted by molar-refractivity contribution is 6.17. The monoisotopic (exact) mass is 244 g/mol. The van der Waals surface area contributed by atoms with Gasteiger partial charge < -0.3 is 5.11 Å². The topological polar surface area (TPSA) is 20.2 Å². The van der Waals surface area contributed by atoms with Crippen molar-refractivity contribution in [2.75, 3.05) is 5.88 Å². The first-order valence-corrected chi connectivity index (χ1v) is 4.01. The summed E-state index contributed by atoms with van der Waals surface area (Å²) in [4.78, 5) is 0. The van der Waals surface area contributed by atoms with Crippen molar-refractivity contribution >= 4 is 11.6 Å². The van der Waals surface area contributed by atoms with Crippen molar-refractivity contribution < 1.29 is 31.4 Å². The van der Waals surface area contributed by atoms with E-state index >= 15 is 0 Å². The van der Waals surface area contributed by atoms with Gasteiger partial charge in [0, 0.05) is 5.88 Å². The molecule has 0 atom stereocenters. The Morgan fingerprint density at radius 1 is 0.929 bits per heavy atom. The number of hydrogen-bond donors (Lipinski definition) is 1. The number of aliphatic hydroxyl groups is 1. The predicted molar refractivity (Wildman–Crippen MR) is 37.0 cm³/mol. The number of rotatable bonds is 3. The third-order valence-corrected chi connectivity index (χ3v) is 1.88. The SMILES string of the molecule is OC(CCCCl)(C(F)(F)F)C(F)(F)F. The highest BCUT2D eigenvalue weighted by Gasteiger charge is 2.69. The fraction of sp³-hybridized carbons (Fsp3) is 1.00. The first-order chi connectivity index (χ1) is 6.06. The summed E-state index contributed by atoms with van der Waals surface area (Å²) in [6.45, 7) is 0.